The second-order valence-electron chi connectivity index (χ2n) is 7.69. The summed E-state index contributed by atoms with van der Waals surface area (Å²) in [7, 11) is 0. The van der Waals surface area contributed by atoms with Crippen LogP contribution in [0.1, 0.15) is 97.3 Å². The predicted octanol–water partition coefficient (Wildman–Crippen LogP) is 5.59. The molecule has 0 spiro atoms. The second kappa shape index (κ2) is 13.2. The van der Waals surface area contributed by atoms with E-state index in [0.717, 1.165) is 31.6 Å². The monoisotopic (exact) mass is 354 g/mol. The van der Waals surface area contributed by atoms with Crippen molar-refractivity contribution in [2.75, 3.05) is 6.61 Å². The molecule has 1 rings (SSSR count). The van der Waals surface area contributed by atoms with Gasteiger partial charge in [-0.3, -0.25) is 9.59 Å². The number of carbonyl (C=O) groups excluding carboxylic acids is 1. The molecule has 4 nitrogen and oxygen atoms in total. The van der Waals surface area contributed by atoms with Crippen LogP contribution in [0.25, 0.3) is 0 Å². The number of carboxylic acid groups (broad SMARTS) is 1. The fraction of sp³-hybridized carbons (Fsp3) is 0.905. The number of carboxylic acids is 1. The number of hydrogen-bond acceptors (Lipinski definition) is 3. The van der Waals surface area contributed by atoms with Crippen molar-refractivity contribution in [3.63, 3.8) is 0 Å². The van der Waals surface area contributed by atoms with Crippen LogP contribution in [-0.2, 0) is 14.3 Å². The topological polar surface area (TPSA) is 63.6 Å². The first-order valence-corrected chi connectivity index (χ1v) is 10.5. The third-order valence-corrected chi connectivity index (χ3v) is 5.65. The third kappa shape index (κ3) is 9.27. The fourth-order valence-electron chi connectivity index (χ4n) is 3.85. The summed E-state index contributed by atoms with van der Waals surface area (Å²) >= 11 is 0. The molecule has 4 heteroatoms. The Balaban J connectivity index is 2.05. The first kappa shape index (κ1) is 22.0. The van der Waals surface area contributed by atoms with Crippen LogP contribution < -0.4 is 0 Å². The van der Waals surface area contributed by atoms with Crippen molar-refractivity contribution in [2.24, 2.45) is 17.8 Å². The standard InChI is InChI=1S/C21H38O4/c1-3-5-11-17(4-2)12-8-6-7-9-15-25-21(24)19-14-10-13-18(16-19)20(22)23/h17-19H,3-16H2,1-2H3,(H,22,23). The lowest BCUT2D eigenvalue weighted by atomic mass is 9.81. The summed E-state index contributed by atoms with van der Waals surface area (Å²) in [5.41, 5.74) is 0. The molecule has 1 aliphatic rings. The van der Waals surface area contributed by atoms with Crippen molar-refractivity contribution >= 4 is 11.9 Å². The Morgan fingerprint density at radius 3 is 2.36 bits per heavy atom. The normalized spacial score (nSPS) is 21.7. The highest BCUT2D eigenvalue weighted by Crippen LogP contribution is 2.30. The van der Waals surface area contributed by atoms with Gasteiger partial charge in [0.15, 0.2) is 0 Å². The molecule has 0 aromatic heterocycles. The summed E-state index contributed by atoms with van der Waals surface area (Å²) < 4.78 is 5.38. The van der Waals surface area contributed by atoms with Crippen molar-refractivity contribution in [3.05, 3.63) is 0 Å². The Hall–Kier alpha value is -1.06. The molecule has 1 saturated carbocycles. The van der Waals surface area contributed by atoms with E-state index in [1.807, 2.05) is 0 Å². The van der Waals surface area contributed by atoms with Gasteiger partial charge in [0.05, 0.1) is 18.4 Å². The Morgan fingerprint density at radius 1 is 1.00 bits per heavy atom. The molecule has 0 heterocycles. The second-order valence-corrected chi connectivity index (χ2v) is 7.69. The van der Waals surface area contributed by atoms with Crippen LogP contribution >= 0.6 is 0 Å². The lowest BCUT2D eigenvalue weighted by Crippen LogP contribution is -2.28. The first-order valence-electron chi connectivity index (χ1n) is 10.5. The minimum absolute atomic E-state index is 0.184. The molecular formula is C21H38O4. The summed E-state index contributed by atoms with van der Waals surface area (Å²) in [6.07, 6.45) is 13.9. The molecule has 0 aliphatic heterocycles. The lowest BCUT2D eigenvalue weighted by molar-refractivity contribution is -0.152. The van der Waals surface area contributed by atoms with E-state index in [0.29, 0.717) is 19.4 Å². The lowest BCUT2D eigenvalue weighted by Gasteiger charge is -2.25. The van der Waals surface area contributed by atoms with Gasteiger partial charge in [-0.15, -0.1) is 0 Å². The smallest absolute Gasteiger partial charge is 0.308 e. The molecule has 0 aromatic carbocycles. The quantitative estimate of drug-likeness (QED) is 0.346. The summed E-state index contributed by atoms with van der Waals surface area (Å²) in [4.78, 5) is 23.1. The van der Waals surface area contributed by atoms with Gasteiger partial charge in [-0.25, -0.2) is 0 Å². The van der Waals surface area contributed by atoms with Gasteiger partial charge in [0.2, 0.25) is 0 Å². The highest BCUT2D eigenvalue weighted by atomic mass is 16.5. The Labute approximate surface area is 153 Å². The van der Waals surface area contributed by atoms with Gasteiger partial charge in [0.1, 0.15) is 0 Å². The summed E-state index contributed by atoms with van der Waals surface area (Å²) in [5, 5.41) is 9.09. The van der Waals surface area contributed by atoms with Crippen LogP contribution in [0.2, 0.25) is 0 Å². The number of rotatable bonds is 13. The Bertz CT molecular complexity index is 380. The zero-order valence-electron chi connectivity index (χ0n) is 16.3. The van der Waals surface area contributed by atoms with Gasteiger partial charge in [0.25, 0.3) is 0 Å². The van der Waals surface area contributed by atoms with E-state index in [4.69, 9.17) is 9.84 Å². The fourth-order valence-corrected chi connectivity index (χ4v) is 3.85. The van der Waals surface area contributed by atoms with Crippen LogP contribution in [0.3, 0.4) is 0 Å². The number of ether oxygens (including phenoxy) is 1. The molecule has 3 unspecified atom stereocenters. The summed E-state index contributed by atoms with van der Waals surface area (Å²) in [6.45, 7) is 5.03. The van der Waals surface area contributed by atoms with Gasteiger partial charge >= 0.3 is 11.9 Å². The Morgan fingerprint density at radius 2 is 1.68 bits per heavy atom. The van der Waals surface area contributed by atoms with Crippen LogP contribution in [0.4, 0.5) is 0 Å². The SMILES string of the molecule is CCCCC(CC)CCCCCCOC(=O)C1CCCC(C(=O)O)C1. The van der Waals surface area contributed by atoms with Gasteiger partial charge in [0, 0.05) is 0 Å². The minimum Gasteiger partial charge on any atom is -0.481 e. The van der Waals surface area contributed by atoms with Gasteiger partial charge < -0.3 is 9.84 Å². The average Bonchev–Trinajstić information content (AvgIpc) is 2.63. The van der Waals surface area contributed by atoms with E-state index >= 15 is 0 Å². The number of esters is 1. The van der Waals surface area contributed by atoms with Crippen LogP contribution in [0.15, 0.2) is 0 Å². The minimum atomic E-state index is -0.776. The number of unbranched alkanes of at least 4 members (excludes halogenated alkanes) is 4. The number of aliphatic carboxylic acids is 1. The molecule has 1 N–H and O–H groups in total. The molecule has 0 bridgehead atoms. The molecule has 0 saturated heterocycles. The largest absolute Gasteiger partial charge is 0.481 e. The molecule has 3 atom stereocenters. The van der Waals surface area contributed by atoms with E-state index in [9.17, 15) is 9.59 Å². The predicted molar refractivity (Wildman–Crippen MR) is 100 cm³/mol. The van der Waals surface area contributed by atoms with Gasteiger partial charge in [-0.2, -0.15) is 0 Å². The summed E-state index contributed by atoms with van der Waals surface area (Å²) in [5.74, 6) is -0.658. The van der Waals surface area contributed by atoms with E-state index in [1.165, 1.54) is 44.9 Å². The van der Waals surface area contributed by atoms with E-state index in [2.05, 4.69) is 13.8 Å². The molecule has 0 amide bonds. The van der Waals surface area contributed by atoms with Crippen LogP contribution in [-0.4, -0.2) is 23.7 Å². The van der Waals surface area contributed by atoms with Crippen molar-refractivity contribution < 1.29 is 19.4 Å². The van der Waals surface area contributed by atoms with E-state index < -0.39 is 5.97 Å². The van der Waals surface area contributed by atoms with Gasteiger partial charge in [-0.1, -0.05) is 71.6 Å². The highest BCUT2D eigenvalue weighted by Gasteiger charge is 2.31. The molecule has 25 heavy (non-hydrogen) atoms. The maximum Gasteiger partial charge on any atom is 0.308 e. The van der Waals surface area contributed by atoms with E-state index in [-0.39, 0.29) is 17.8 Å². The summed E-state index contributed by atoms with van der Waals surface area (Å²) in [6, 6.07) is 0. The maximum absolute atomic E-state index is 12.1. The maximum atomic E-state index is 12.1. The van der Waals surface area contributed by atoms with Gasteiger partial charge in [-0.05, 0) is 31.6 Å². The zero-order chi connectivity index (χ0) is 18.5. The Kier molecular flexibility index (Phi) is 11.6. The highest BCUT2D eigenvalue weighted by molar-refractivity contribution is 5.75. The van der Waals surface area contributed by atoms with E-state index in [1.54, 1.807) is 0 Å². The zero-order valence-corrected chi connectivity index (χ0v) is 16.3. The van der Waals surface area contributed by atoms with Crippen LogP contribution in [0, 0.1) is 17.8 Å². The first-order chi connectivity index (χ1) is 12.1. The van der Waals surface area contributed by atoms with Crippen molar-refractivity contribution in [1.82, 2.24) is 0 Å². The molecule has 0 radical (unpaired) electrons. The van der Waals surface area contributed by atoms with Crippen LogP contribution in [0.5, 0.6) is 0 Å². The average molecular weight is 355 g/mol. The number of carbonyl (C=O) groups is 2. The molecule has 1 aliphatic carbocycles. The van der Waals surface area contributed by atoms with Crippen molar-refractivity contribution in [1.29, 1.82) is 0 Å². The molecular weight excluding hydrogens is 316 g/mol. The van der Waals surface area contributed by atoms with Crippen molar-refractivity contribution in [3.8, 4) is 0 Å². The molecule has 146 valence electrons. The molecule has 1 fully saturated rings. The molecule has 0 aromatic rings. The third-order valence-electron chi connectivity index (χ3n) is 5.65. The van der Waals surface area contributed by atoms with Crippen molar-refractivity contribution in [2.45, 2.75) is 97.3 Å². The number of hydrogen-bond donors (Lipinski definition) is 1.